The molecule has 0 rings (SSSR count). The van der Waals surface area contributed by atoms with Crippen LogP contribution < -0.4 is 0 Å². The van der Waals surface area contributed by atoms with E-state index in [9.17, 15) is 4.57 Å². The van der Waals surface area contributed by atoms with E-state index >= 15 is 0 Å². The first kappa shape index (κ1) is 33.0. The van der Waals surface area contributed by atoms with Gasteiger partial charge in [-0.25, -0.2) is 4.57 Å². The van der Waals surface area contributed by atoms with Gasteiger partial charge in [0.25, 0.3) is 0 Å². The first-order valence-electron chi connectivity index (χ1n) is 13.5. The molecular formula is C25H53O7P. The average molecular weight is 497 g/mol. The minimum Gasteiger partial charge on any atom is -0.379 e. The van der Waals surface area contributed by atoms with E-state index in [1.807, 2.05) is 0 Å². The molecule has 0 aromatic heterocycles. The molecular weight excluding hydrogens is 443 g/mol. The Hall–Kier alpha value is -0.0100. The Labute approximate surface area is 203 Å². The summed E-state index contributed by atoms with van der Waals surface area (Å²) < 4.78 is 30.8. The van der Waals surface area contributed by atoms with Gasteiger partial charge in [0.15, 0.2) is 0 Å². The van der Waals surface area contributed by atoms with Gasteiger partial charge in [-0.2, -0.15) is 0 Å². The third-order valence-corrected chi connectivity index (χ3v) is 6.14. The first-order valence-corrected chi connectivity index (χ1v) is 15.0. The molecule has 0 aliphatic rings. The molecule has 0 heterocycles. The van der Waals surface area contributed by atoms with E-state index in [1.165, 1.54) is 103 Å². The molecule has 0 aliphatic carbocycles. The maximum atomic E-state index is 10.5. The van der Waals surface area contributed by atoms with Gasteiger partial charge in [0.2, 0.25) is 0 Å². The van der Waals surface area contributed by atoms with Gasteiger partial charge in [-0.05, 0) is 6.42 Å². The smallest absolute Gasteiger partial charge is 0.379 e. The first-order chi connectivity index (χ1) is 16.1. The molecule has 0 aromatic rings. The lowest BCUT2D eigenvalue weighted by atomic mass is 10.0. The molecule has 0 saturated heterocycles. The summed E-state index contributed by atoms with van der Waals surface area (Å²) in [6.45, 7) is 4.97. The van der Waals surface area contributed by atoms with Crippen LogP contribution in [0.3, 0.4) is 0 Å². The molecule has 0 aliphatic heterocycles. The van der Waals surface area contributed by atoms with Crippen LogP contribution in [0.1, 0.15) is 116 Å². The molecule has 0 fully saturated rings. The number of ether oxygens (including phenoxy) is 3. The highest BCUT2D eigenvalue weighted by Gasteiger charge is 2.12. The number of hydrogen-bond acceptors (Lipinski definition) is 5. The van der Waals surface area contributed by atoms with Gasteiger partial charge in [-0.15, -0.1) is 0 Å². The van der Waals surface area contributed by atoms with Gasteiger partial charge in [0, 0.05) is 6.61 Å². The molecule has 0 aromatic carbocycles. The molecule has 0 unspecified atom stereocenters. The second-order valence-electron chi connectivity index (χ2n) is 8.82. The zero-order valence-electron chi connectivity index (χ0n) is 21.4. The van der Waals surface area contributed by atoms with Crippen molar-refractivity contribution >= 4 is 7.82 Å². The molecule has 0 atom stereocenters. The predicted octanol–water partition coefficient (Wildman–Crippen LogP) is 6.80. The van der Waals surface area contributed by atoms with Crippen LogP contribution in [-0.4, -0.2) is 56.0 Å². The van der Waals surface area contributed by atoms with E-state index < -0.39 is 7.82 Å². The summed E-state index contributed by atoms with van der Waals surface area (Å²) >= 11 is 0. The van der Waals surface area contributed by atoms with Crippen molar-refractivity contribution in [3.8, 4) is 0 Å². The van der Waals surface area contributed by atoms with Crippen molar-refractivity contribution in [2.24, 2.45) is 0 Å². The number of unbranched alkanes of at least 4 members (excludes halogenated alkanes) is 16. The van der Waals surface area contributed by atoms with Crippen LogP contribution in [0.15, 0.2) is 0 Å². The molecule has 0 radical (unpaired) electrons. The summed E-state index contributed by atoms with van der Waals surface area (Å²) in [5.74, 6) is 0. The molecule has 0 spiro atoms. The number of rotatable bonds is 28. The third kappa shape index (κ3) is 32.0. The second kappa shape index (κ2) is 26.6. The molecule has 200 valence electrons. The molecule has 33 heavy (non-hydrogen) atoms. The van der Waals surface area contributed by atoms with E-state index in [0.717, 1.165) is 13.0 Å². The molecule has 0 saturated carbocycles. The Balaban J connectivity index is 3.03. The summed E-state index contributed by atoms with van der Waals surface area (Å²) in [5.41, 5.74) is 0. The Morgan fingerprint density at radius 3 is 1.12 bits per heavy atom. The number of phosphoric ester groups is 1. The van der Waals surface area contributed by atoms with Gasteiger partial charge < -0.3 is 24.0 Å². The summed E-state index contributed by atoms with van der Waals surface area (Å²) in [6.07, 6.45) is 23.4. The van der Waals surface area contributed by atoms with E-state index in [2.05, 4.69) is 11.4 Å². The molecule has 8 heteroatoms. The third-order valence-electron chi connectivity index (χ3n) is 5.62. The number of hydrogen-bond donors (Lipinski definition) is 2. The topological polar surface area (TPSA) is 94.5 Å². The predicted molar refractivity (Wildman–Crippen MR) is 135 cm³/mol. The van der Waals surface area contributed by atoms with Gasteiger partial charge in [-0.1, -0.05) is 110 Å². The standard InChI is InChI=1S/C25H53O7P/c1-2-3-4-5-6-7-8-9-10-11-12-13-14-15-16-17-18-19-29-20-21-30-22-23-31-24-25-32-33(26,27)28/h2-25H2,1H3,(H2,26,27,28). The van der Waals surface area contributed by atoms with Crippen molar-refractivity contribution in [2.45, 2.75) is 116 Å². The van der Waals surface area contributed by atoms with Crippen LogP contribution in [0.5, 0.6) is 0 Å². The van der Waals surface area contributed by atoms with Crippen LogP contribution in [0.25, 0.3) is 0 Å². The van der Waals surface area contributed by atoms with Gasteiger partial charge in [0.05, 0.1) is 39.6 Å². The lowest BCUT2D eigenvalue weighted by Crippen LogP contribution is -2.11. The van der Waals surface area contributed by atoms with Crippen molar-refractivity contribution in [1.29, 1.82) is 0 Å². The van der Waals surface area contributed by atoms with Crippen LogP contribution in [0.4, 0.5) is 0 Å². The minimum atomic E-state index is -4.39. The van der Waals surface area contributed by atoms with Crippen LogP contribution in [-0.2, 0) is 23.3 Å². The van der Waals surface area contributed by atoms with Crippen LogP contribution in [0.2, 0.25) is 0 Å². The van der Waals surface area contributed by atoms with Gasteiger partial charge in [0.1, 0.15) is 0 Å². The highest BCUT2D eigenvalue weighted by Crippen LogP contribution is 2.35. The van der Waals surface area contributed by atoms with Crippen molar-refractivity contribution < 1.29 is 33.1 Å². The van der Waals surface area contributed by atoms with Crippen molar-refractivity contribution in [3.05, 3.63) is 0 Å². The fourth-order valence-electron chi connectivity index (χ4n) is 3.69. The molecule has 2 N–H and O–H groups in total. The minimum absolute atomic E-state index is 0.129. The lowest BCUT2D eigenvalue weighted by Gasteiger charge is -2.08. The highest BCUT2D eigenvalue weighted by molar-refractivity contribution is 7.46. The summed E-state index contributed by atoms with van der Waals surface area (Å²) in [5, 5.41) is 0. The quantitative estimate of drug-likeness (QED) is 0.0909. The Bertz CT molecular complexity index is 418. The van der Waals surface area contributed by atoms with Gasteiger partial charge >= 0.3 is 7.82 Å². The van der Waals surface area contributed by atoms with Crippen molar-refractivity contribution in [3.63, 3.8) is 0 Å². The highest BCUT2D eigenvalue weighted by atomic mass is 31.2. The monoisotopic (exact) mass is 496 g/mol. The maximum Gasteiger partial charge on any atom is 0.469 e. The van der Waals surface area contributed by atoms with Crippen molar-refractivity contribution in [2.75, 3.05) is 46.2 Å². The Kier molecular flexibility index (Phi) is 26.6. The average Bonchev–Trinajstić information content (AvgIpc) is 2.78. The zero-order valence-corrected chi connectivity index (χ0v) is 22.2. The summed E-state index contributed by atoms with van der Waals surface area (Å²) in [7, 11) is -4.39. The normalized spacial score (nSPS) is 12.0. The fraction of sp³-hybridized carbons (Fsp3) is 1.00. The Morgan fingerprint density at radius 1 is 0.455 bits per heavy atom. The van der Waals surface area contributed by atoms with E-state index in [4.69, 9.17) is 24.0 Å². The SMILES string of the molecule is CCCCCCCCCCCCCCCCCCCOCCOCCOCCOP(=O)(O)O. The van der Waals surface area contributed by atoms with E-state index in [1.54, 1.807) is 0 Å². The van der Waals surface area contributed by atoms with Gasteiger partial charge in [-0.3, -0.25) is 4.52 Å². The van der Waals surface area contributed by atoms with Crippen LogP contribution in [0, 0.1) is 0 Å². The van der Waals surface area contributed by atoms with E-state index in [-0.39, 0.29) is 13.2 Å². The second-order valence-corrected chi connectivity index (χ2v) is 10.1. The summed E-state index contributed by atoms with van der Waals surface area (Å²) in [6, 6.07) is 0. The maximum absolute atomic E-state index is 10.5. The molecule has 0 amide bonds. The molecule has 7 nitrogen and oxygen atoms in total. The summed E-state index contributed by atoms with van der Waals surface area (Å²) in [4.78, 5) is 17.0. The van der Waals surface area contributed by atoms with Crippen LogP contribution >= 0.6 is 7.82 Å². The zero-order chi connectivity index (χ0) is 24.3. The molecule has 0 bridgehead atoms. The largest absolute Gasteiger partial charge is 0.469 e. The number of phosphoric acid groups is 1. The lowest BCUT2D eigenvalue weighted by molar-refractivity contribution is 0.00702. The van der Waals surface area contributed by atoms with E-state index in [0.29, 0.717) is 26.4 Å². The Morgan fingerprint density at radius 2 is 0.758 bits per heavy atom. The fourth-order valence-corrected chi connectivity index (χ4v) is 4.00. The van der Waals surface area contributed by atoms with Crippen molar-refractivity contribution in [1.82, 2.24) is 0 Å².